The molecule has 2 heterocycles. The Hall–Kier alpha value is -4.20. The first kappa shape index (κ1) is 21.6. The molecule has 0 saturated heterocycles. The summed E-state index contributed by atoms with van der Waals surface area (Å²) < 4.78 is 1.65. The Balaban J connectivity index is 1.55. The summed E-state index contributed by atoms with van der Waals surface area (Å²) in [5, 5.41) is 20.0. The number of anilines is 2. The minimum Gasteiger partial charge on any atom is -0.478 e. The first-order valence-corrected chi connectivity index (χ1v) is 11.2. The average molecular weight is 457 g/mol. The average Bonchev–Trinajstić information content (AvgIpc) is 3.24. The zero-order valence-electron chi connectivity index (χ0n) is 18.9. The number of nitrogens with zero attached hydrogens (tertiary/aromatic N) is 2. The lowest BCUT2D eigenvalue weighted by molar-refractivity contribution is -0.116. The molecule has 0 spiro atoms. The van der Waals surface area contributed by atoms with Crippen LogP contribution in [0.25, 0.3) is 0 Å². The van der Waals surface area contributed by atoms with E-state index in [2.05, 4.69) is 15.7 Å². The van der Waals surface area contributed by atoms with Crippen LogP contribution in [0.5, 0.6) is 0 Å². The lowest BCUT2D eigenvalue weighted by atomic mass is 9.85. The van der Waals surface area contributed by atoms with Crippen molar-refractivity contribution >= 4 is 29.2 Å². The van der Waals surface area contributed by atoms with E-state index in [9.17, 15) is 19.5 Å². The summed E-state index contributed by atoms with van der Waals surface area (Å²) in [5.41, 5.74) is 5.58. The van der Waals surface area contributed by atoms with Crippen LogP contribution in [-0.4, -0.2) is 32.5 Å². The summed E-state index contributed by atoms with van der Waals surface area (Å²) in [6.07, 6.45) is 3.36. The number of aromatic carboxylic acids is 1. The predicted octanol–water partition coefficient (Wildman–Crippen LogP) is 4.47. The summed E-state index contributed by atoms with van der Waals surface area (Å²) in [4.78, 5) is 37.4. The highest BCUT2D eigenvalue weighted by Crippen LogP contribution is 2.41. The van der Waals surface area contributed by atoms with Gasteiger partial charge in [0, 0.05) is 23.4 Å². The van der Waals surface area contributed by atoms with E-state index >= 15 is 0 Å². The molecule has 1 aromatic heterocycles. The molecule has 1 atom stereocenters. The maximum Gasteiger partial charge on any atom is 0.335 e. The summed E-state index contributed by atoms with van der Waals surface area (Å²) in [6.45, 7) is 4.00. The van der Waals surface area contributed by atoms with Gasteiger partial charge in [0.1, 0.15) is 17.4 Å². The van der Waals surface area contributed by atoms with Gasteiger partial charge in [-0.25, -0.2) is 9.48 Å². The van der Waals surface area contributed by atoms with Crippen molar-refractivity contribution in [2.45, 2.75) is 39.2 Å². The number of benzene rings is 2. The highest BCUT2D eigenvalue weighted by molar-refractivity contribution is 6.08. The fourth-order valence-electron chi connectivity index (χ4n) is 4.56. The zero-order chi connectivity index (χ0) is 24.0. The van der Waals surface area contributed by atoms with Crippen molar-refractivity contribution in [1.29, 1.82) is 0 Å². The number of fused-ring (bicyclic) bond motifs is 1. The van der Waals surface area contributed by atoms with Crippen molar-refractivity contribution in [3.8, 4) is 0 Å². The van der Waals surface area contributed by atoms with E-state index in [-0.39, 0.29) is 17.3 Å². The lowest BCUT2D eigenvalue weighted by Gasteiger charge is -2.33. The highest BCUT2D eigenvalue weighted by atomic mass is 16.4. The molecule has 0 unspecified atom stereocenters. The summed E-state index contributed by atoms with van der Waals surface area (Å²) in [6, 6.07) is 11.6. The monoisotopic (exact) mass is 456 g/mol. The van der Waals surface area contributed by atoms with Gasteiger partial charge in [0.2, 0.25) is 0 Å². The number of carboxylic acid groups (broad SMARTS) is 1. The molecule has 1 aliphatic heterocycles. The van der Waals surface area contributed by atoms with Crippen molar-refractivity contribution in [3.63, 3.8) is 0 Å². The maximum atomic E-state index is 13.2. The molecule has 3 aromatic rings. The highest BCUT2D eigenvalue weighted by Gasteiger charge is 2.37. The number of ketones is 1. The zero-order valence-corrected chi connectivity index (χ0v) is 18.9. The third-order valence-corrected chi connectivity index (χ3v) is 6.52. The van der Waals surface area contributed by atoms with Crippen molar-refractivity contribution < 1.29 is 19.5 Å². The van der Waals surface area contributed by atoms with E-state index in [0.29, 0.717) is 35.5 Å². The smallest absolute Gasteiger partial charge is 0.335 e. The number of aromatic nitrogens is 2. The van der Waals surface area contributed by atoms with Crippen molar-refractivity contribution in [1.82, 2.24) is 9.78 Å². The van der Waals surface area contributed by atoms with Crippen molar-refractivity contribution in [2.24, 2.45) is 0 Å². The number of aryl methyl sites for hydroxylation is 2. The Bertz CT molecular complexity index is 1370. The van der Waals surface area contributed by atoms with Crippen LogP contribution < -0.4 is 10.6 Å². The van der Waals surface area contributed by atoms with Gasteiger partial charge in [-0.3, -0.25) is 9.59 Å². The van der Waals surface area contributed by atoms with E-state index in [1.165, 1.54) is 18.3 Å². The Kier molecular flexibility index (Phi) is 5.28. The van der Waals surface area contributed by atoms with Crippen LogP contribution in [0.3, 0.4) is 0 Å². The first-order valence-electron chi connectivity index (χ1n) is 11.2. The van der Waals surface area contributed by atoms with Gasteiger partial charge in [-0.2, -0.15) is 5.10 Å². The van der Waals surface area contributed by atoms with Crippen LogP contribution in [0.1, 0.15) is 62.7 Å². The number of nitrogens with one attached hydrogen (secondary N) is 2. The number of allylic oxidation sites excluding steroid dienone is 2. The molecule has 172 valence electrons. The Morgan fingerprint density at radius 1 is 1.09 bits per heavy atom. The molecule has 2 aromatic carbocycles. The van der Waals surface area contributed by atoms with Crippen molar-refractivity contribution in [2.75, 3.05) is 10.6 Å². The van der Waals surface area contributed by atoms with Crippen LogP contribution in [0.15, 0.2) is 59.9 Å². The van der Waals surface area contributed by atoms with Gasteiger partial charge >= 0.3 is 5.97 Å². The first-order chi connectivity index (χ1) is 16.3. The van der Waals surface area contributed by atoms with Crippen LogP contribution in [-0.2, 0) is 4.79 Å². The van der Waals surface area contributed by atoms with E-state index in [4.69, 9.17) is 0 Å². The van der Waals surface area contributed by atoms with E-state index < -0.39 is 12.0 Å². The Morgan fingerprint density at radius 3 is 2.56 bits per heavy atom. The second-order valence-electron chi connectivity index (χ2n) is 8.73. The fourth-order valence-corrected chi connectivity index (χ4v) is 4.56. The molecule has 1 amide bonds. The third kappa shape index (κ3) is 3.67. The van der Waals surface area contributed by atoms with Gasteiger partial charge in [0.15, 0.2) is 5.78 Å². The minimum absolute atomic E-state index is 0.0309. The Labute approximate surface area is 196 Å². The summed E-state index contributed by atoms with van der Waals surface area (Å²) >= 11 is 0. The quantitative estimate of drug-likeness (QED) is 0.534. The number of carboxylic acids is 1. The van der Waals surface area contributed by atoms with Crippen molar-refractivity contribution in [3.05, 3.63) is 87.7 Å². The lowest BCUT2D eigenvalue weighted by Crippen LogP contribution is -2.32. The molecule has 0 radical (unpaired) electrons. The molecule has 34 heavy (non-hydrogen) atoms. The molecule has 8 nitrogen and oxygen atoms in total. The number of Topliss-reactive ketones (excluding diaryl/α,β-unsaturated/α-hetero) is 1. The van der Waals surface area contributed by atoms with E-state index in [1.54, 1.807) is 16.8 Å². The van der Waals surface area contributed by atoms with Gasteiger partial charge < -0.3 is 15.7 Å². The molecule has 0 fully saturated rings. The van der Waals surface area contributed by atoms with E-state index in [0.717, 1.165) is 28.8 Å². The second-order valence-corrected chi connectivity index (χ2v) is 8.73. The van der Waals surface area contributed by atoms with E-state index in [1.807, 2.05) is 32.0 Å². The SMILES string of the molecule is Cc1ccc(NC(=O)c2cnn3c2NC2=C(C(=O)CCC2)[C@H]3c2ccc(C(=O)O)cc2)cc1C. The number of rotatable bonds is 4. The van der Waals surface area contributed by atoms with Gasteiger partial charge in [-0.05, 0) is 67.6 Å². The molecule has 8 heteroatoms. The molecule has 5 rings (SSSR count). The van der Waals surface area contributed by atoms with Crippen LogP contribution in [0.2, 0.25) is 0 Å². The fraction of sp³-hybridized carbons (Fsp3) is 0.231. The summed E-state index contributed by atoms with van der Waals surface area (Å²) in [7, 11) is 0. The molecular weight excluding hydrogens is 432 g/mol. The largest absolute Gasteiger partial charge is 0.478 e. The predicted molar refractivity (Wildman–Crippen MR) is 127 cm³/mol. The maximum absolute atomic E-state index is 13.2. The minimum atomic E-state index is -1.02. The molecule has 2 aliphatic rings. The molecule has 3 N–H and O–H groups in total. The van der Waals surface area contributed by atoms with Gasteiger partial charge in [-0.1, -0.05) is 18.2 Å². The number of carbonyl (C=O) groups is 3. The standard InChI is InChI=1S/C26H24N4O4/c1-14-6-11-18(12-15(14)2)28-25(32)19-13-27-30-23(16-7-9-17(10-8-16)26(33)34)22-20(29-24(19)30)4-3-5-21(22)31/h6-13,23,29H,3-5H2,1-2H3,(H,28,32)(H,33,34)/t23-/m1/s1. The normalized spacial score (nSPS) is 17.0. The third-order valence-electron chi connectivity index (χ3n) is 6.52. The number of amides is 1. The Morgan fingerprint density at radius 2 is 1.85 bits per heavy atom. The molecule has 1 aliphatic carbocycles. The molecular formula is C26H24N4O4. The van der Waals surface area contributed by atoms with Gasteiger partial charge in [0.05, 0.1) is 11.8 Å². The van der Waals surface area contributed by atoms with Gasteiger partial charge in [-0.15, -0.1) is 0 Å². The van der Waals surface area contributed by atoms with Crippen LogP contribution in [0, 0.1) is 13.8 Å². The van der Waals surface area contributed by atoms with Crippen LogP contribution >= 0.6 is 0 Å². The number of carbonyl (C=O) groups excluding carboxylic acids is 2. The number of hydrogen-bond donors (Lipinski definition) is 3. The summed E-state index contributed by atoms with van der Waals surface area (Å²) in [5.74, 6) is -0.774. The molecule has 0 saturated carbocycles. The molecule has 0 bridgehead atoms. The van der Waals surface area contributed by atoms with Crippen LogP contribution in [0.4, 0.5) is 11.5 Å². The second kappa shape index (κ2) is 8.30. The van der Waals surface area contributed by atoms with Gasteiger partial charge in [0.25, 0.3) is 5.91 Å². The number of hydrogen-bond acceptors (Lipinski definition) is 5. The topological polar surface area (TPSA) is 113 Å².